The molecule has 0 saturated carbocycles. The number of halogens is 4. The smallest absolute Gasteiger partial charge is 0.0640 e. The van der Waals surface area contributed by atoms with Crippen LogP contribution in [0.1, 0.15) is 25.3 Å². The fourth-order valence-electron chi connectivity index (χ4n) is 1.24. The van der Waals surface area contributed by atoms with Crippen LogP contribution in [0.25, 0.3) is 0 Å². The lowest BCUT2D eigenvalue weighted by atomic mass is 10.1. The number of rotatable bonds is 2. The first kappa shape index (κ1) is 14.0. The highest BCUT2D eigenvalue weighted by Gasteiger charge is 2.12. The molecule has 0 heterocycles. The molecule has 0 aliphatic rings. The summed E-state index contributed by atoms with van der Waals surface area (Å²) in [7, 11) is 0. The quantitative estimate of drug-likeness (QED) is 0.489. The van der Waals surface area contributed by atoms with Gasteiger partial charge in [0.1, 0.15) is 0 Å². The zero-order valence-corrected chi connectivity index (χ0v) is 11.7. The molecule has 0 unspecified atom stereocenters. The molecule has 0 saturated heterocycles. The Morgan fingerprint density at radius 3 is 2.06 bits per heavy atom. The summed E-state index contributed by atoms with van der Waals surface area (Å²) in [4.78, 5) is 0. The minimum absolute atomic E-state index is 0.425. The summed E-state index contributed by atoms with van der Waals surface area (Å²) in [5.74, 6) is 6.01. The van der Waals surface area contributed by atoms with Crippen molar-refractivity contribution < 1.29 is 0 Å². The van der Waals surface area contributed by atoms with Crippen LogP contribution in [0.5, 0.6) is 0 Å². The highest BCUT2D eigenvalue weighted by molar-refractivity contribution is 6.48. The highest BCUT2D eigenvalue weighted by atomic mass is 35.5. The molecule has 0 nitrogen and oxygen atoms in total. The maximum atomic E-state index is 6.06. The second-order valence-electron chi connectivity index (χ2n) is 3.15. The van der Waals surface area contributed by atoms with Crippen LogP contribution in [-0.2, 0) is 6.42 Å². The first-order valence-corrected chi connectivity index (χ1v) is 6.36. The van der Waals surface area contributed by atoms with E-state index < -0.39 is 0 Å². The average molecular weight is 296 g/mol. The van der Waals surface area contributed by atoms with E-state index in [1.54, 1.807) is 6.07 Å². The van der Waals surface area contributed by atoms with E-state index in [4.69, 9.17) is 46.4 Å². The van der Waals surface area contributed by atoms with Crippen LogP contribution in [0, 0.1) is 11.8 Å². The maximum Gasteiger partial charge on any atom is 0.0640 e. The Morgan fingerprint density at radius 2 is 1.56 bits per heavy atom. The molecule has 0 aliphatic heterocycles. The maximum absolute atomic E-state index is 6.06. The molecule has 0 spiro atoms. The molecule has 0 aromatic heterocycles. The molecule has 0 bridgehead atoms. The van der Waals surface area contributed by atoms with Gasteiger partial charge >= 0.3 is 0 Å². The van der Waals surface area contributed by atoms with E-state index in [-0.39, 0.29) is 0 Å². The van der Waals surface area contributed by atoms with Crippen LogP contribution in [0.4, 0.5) is 0 Å². The molecule has 1 aromatic rings. The van der Waals surface area contributed by atoms with Gasteiger partial charge in [-0.2, -0.15) is 0 Å². The zero-order chi connectivity index (χ0) is 12.1. The Hall–Kier alpha value is -0.0600. The standard InChI is InChI=1S/C12H10Cl4/c1-2-3-4-5-6-8-11(15)9(13)7-10(14)12(8)16/h7H,2,5-6H2,1H3. The van der Waals surface area contributed by atoms with Crippen molar-refractivity contribution in [1.82, 2.24) is 0 Å². The molecule has 0 N–H and O–H groups in total. The predicted octanol–water partition coefficient (Wildman–Crippen LogP) is 5.65. The molecule has 0 amide bonds. The Balaban J connectivity index is 2.94. The van der Waals surface area contributed by atoms with Crippen LogP contribution in [-0.4, -0.2) is 0 Å². The summed E-state index contributed by atoms with van der Waals surface area (Å²) < 4.78 is 0. The van der Waals surface area contributed by atoms with E-state index in [2.05, 4.69) is 11.8 Å². The molecule has 16 heavy (non-hydrogen) atoms. The largest absolute Gasteiger partial charge is 0.104 e. The van der Waals surface area contributed by atoms with Crippen molar-refractivity contribution in [2.75, 3.05) is 0 Å². The molecule has 1 rings (SSSR count). The van der Waals surface area contributed by atoms with E-state index in [1.807, 2.05) is 6.92 Å². The second kappa shape index (κ2) is 6.62. The molecule has 86 valence electrons. The lowest BCUT2D eigenvalue weighted by Crippen LogP contribution is -1.89. The van der Waals surface area contributed by atoms with E-state index in [0.717, 1.165) is 12.0 Å². The molecule has 0 aliphatic carbocycles. The fraction of sp³-hybridized carbons (Fsp3) is 0.333. The van der Waals surface area contributed by atoms with E-state index in [0.29, 0.717) is 32.9 Å². The summed E-state index contributed by atoms with van der Waals surface area (Å²) in [6.07, 6.45) is 2.20. The predicted molar refractivity (Wildman–Crippen MR) is 72.9 cm³/mol. The third-order valence-electron chi connectivity index (χ3n) is 2.00. The van der Waals surface area contributed by atoms with Crippen LogP contribution in [0.3, 0.4) is 0 Å². The number of hydrogen-bond acceptors (Lipinski definition) is 0. The van der Waals surface area contributed by atoms with E-state index >= 15 is 0 Å². The third-order valence-corrected chi connectivity index (χ3v) is 3.66. The average Bonchev–Trinajstić information content (AvgIpc) is 2.25. The van der Waals surface area contributed by atoms with Gasteiger partial charge in [0.15, 0.2) is 0 Å². The minimum atomic E-state index is 0.425. The summed E-state index contributed by atoms with van der Waals surface area (Å²) in [6.45, 7) is 2.00. The molecule has 0 radical (unpaired) electrons. The molecular formula is C12H10Cl4. The van der Waals surface area contributed by atoms with Crippen LogP contribution in [0.2, 0.25) is 20.1 Å². The van der Waals surface area contributed by atoms with Crippen molar-refractivity contribution in [3.8, 4) is 11.8 Å². The van der Waals surface area contributed by atoms with Crippen molar-refractivity contribution in [2.45, 2.75) is 26.2 Å². The molecule has 0 fully saturated rings. The number of benzene rings is 1. The van der Waals surface area contributed by atoms with Crippen LogP contribution < -0.4 is 0 Å². The van der Waals surface area contributed by atoms with Crippen molar-refractivity contribution in [1.29, 1.82) is 0 Å². The Kier molecular flexibility index (Phi) is 5.79. The van der Waals surface area contributed by atoms with Crippen molar-refractivity contribution in [3.05, 3.63) is 31.7 Å². The van der Waals surface area contributed by atoms with Gasteiger partial charge in [-0.3, -0.25) is 0 Å². The van der Waals surface area contributed by atoms with Gasteiger partial charge in [0.2, 0.25) is 0 Å². The normalized spacial score (nSPS) is 9.81. The van der Waals surface area contributed by atoms with Crippen molar-refractivity contribution in [3.63, 3.8) is 0 Å². The lowest BCUT2D eigenvalue weighted by Gasteiger charge is -2.08. The van der Waals surface area contributed by atoms with Gasteiger partial charge in [-0.25, -0.2) is 0 Å². The second-order valence-corrected chi connectivity index (χ2v) is 4.72. The monoisotopic (exact) mass is 294 g/mol. The summed E-state index contributed by atoms with van der Waals surface area (Å²) in [5, 5.41) is 1.78. The van der Waals surface area contributed by atoms with Gasteiger partial charge in [0, 0.05) is 12.8 Å². The molecular weight excluding hydrogens is 286 g/mol. The lowest BCUT2D eigenvalue weighted by molar-refractivity contribution is 1.03. The van der Waals surface area contributed by atoms with E-state index in [1.165, 1.54) is 0 Å². The van der Waals surface area contributed by atoms with Gasteiger partial charge in [-0.05, 0) is 18.1 Å². The van der Waals surface area contributed by atoms with Gasteiger partial charge in [0.25, 0.3) is 0 Å². The Labute approximate surface area is 116 Å². The van der Waals surface area contributed by atoms with Crippen LogP contribution >= 0.6 is 46.4 Å². The first-order chi connectivity index (χ1) is 7.57. The first-order valence-electron chi connectivity index (χ1n) is 4.85. The summed E-state index contributed by atoms with van der Waals surface area (Å²) in [5.41, 5.74) is 0.770. The SMILES string of the molecule is CCC#CCCc1c(Cl)c(Cl)cc(Cl)c1Cl. The van der Waals surface area contributed by atoms with Gasteiger partial charge in [-0.15, -0.1) is 11.8 Å². The van der Waals surface area contributed by atoms with Gasteiger partial charge in [0.05, 0.1) is 20.1 Å². The summed E-state index contributed by atoms with van der Waals surface area (Å²) >= 11 is 24.0. The van der Waals surface area contributed by atoms with E-state index in [9.17, 15) is 0 Å². The number of hydrogen-bond donors (Lipinski definition) is 0. The Morgan fingerprint density at radius 1 is 1.00 bits per heavy atom. The van der Waals surface area contributed by atoms with Gasteiger partial charge in [-0.1, -0.05) is 53.3 Å². The highest BCUT2D eigenvalue weighted by Crippen LogP contribution is 2.37. The minimum Gasteiger partial charge on any atom is -0.104 e. The van der Waals surface area contributed by atoms with Gasteiger partial charge < -0.3 is 0 Å². The molecule has 0 atom stereocenters. The summed E-state index contributed by atoms with van der Waals surface area (Å²) in [6, 6.07) is 1.55. The zero-order valence-electron chi connectivity index (χ0n) is 8.71. The third kappa shape index (κ3) is 3.47. The molecule has 4 heteroatoms. The van der Waals surface area contributed by atoms with Crippen LogP contribution in [0.15, 0.2) is 6.07 Å². The fourth-order valence-corrected chi connectivity index (χ4v) is 2.28. The Bertz CT molecular complexity index is 414. The molecule has 1 aromatic carbocycles. The topological polar surface area (TPSA) is 0 Å². The van der Waals surface area contributed by atoms with Crippen molar-refractivity contribution in [2.24, 2.45) is 0 Å². The van der Waals surface area contributed by atoms with Crippen molar-refractivity contribution >= 4 is 46.4 Å².